The van der Waals surface area contributed by atoms with Gasteiger partial charge < -0.3 is 35.0 Å². The molecule has 2 aromatic carbocycles. The number of piperazine rings is 1. The lowest BCUT2D eigenvalue weighted by atomic mass is 9.84. The number of carbonyl (C=O) groups excluding carboxylic acids is 1. The number of rotatable bonds is 6. The summed E-state index contributed by atoms with van der Waals surface area (Å²) in [6, 6.07) is 12.8. The third-order valence-electron chi connectivity index (χ3n) is 7.89. The number of carboxylic acid groups (broad SMARTS) is 2. The predicted molar refractivity (Wildman–Crippen MR) is 158 cm³/mol. The van der Waals surface area contributed by atoms with E-state index in [4.69, 9.17) is 14.9 Å². The van der Waals surface area contributed by atoms with Gasteiger partial charge in [0.05, 0.1) is 13.2 Å². The molecule has 10 heteroatoms. The number of hydrogen-bond acceptors (Lipinski definition) is 7. The Morgan fingerprint density at radius 1 is 0.854 bits per heavy atom. The molecule has 2 aliphatic heterocycles. The van der Waals surface area contributed by atoms with Crippen LogP contribution in [0.5, 0.6) is 0 Å². The van der Waals surface area contributed by atoms with E-state index in [-0.39, 0.29) is 11.9 Å². The van der Waals surface area contributed by atoms with E-state index in [1.165, 1.54) is 22.4 Å². The van der Waals surface area contributed by atoms with Crippen LogP contribution in [0, 0.1) is 6.92 Å². The van der Waals surface area contributed by atoms with E-state index >= 15 is 0 Å². The maximum atomic E-state index is 13.0. The molecule has 220 valence electrons. The Labute approximate surface area is 241 Å². The van der Waals surface area contributed by atoms with E-state index in [1.807, 2.05) is 12.1 Å². The molecule has 2 heterocycles. The summed E-state index contributed by atoms with van der Waals surface area (Å²) in [5.41, 5.74) is 7.59. The van der Waals surface area contributed by atoms with Crippen LogP contribution >= 0.6 is 0 Å². The average Bonchev–Trinajstić information content (AvgIpc) is 2.98. The molecule has 2 fully saturated rings. The smallest absolute Gasteiger partial charge is 0.328 e. The quantitative estimate of drug-likeness (QED) is 0.455. The van der Waals surface area contributed by atoms with Crippen LogP contribution in [-0.2, 0) is 27.2 Å². The molecule has 1 amide bonds. The summed E-state index contributed by atoms with van der Waals surface area (Å²) in [4.78, 5) is 39.4. The number of amides is 1. The third kappa shape index (κ3) is 8.31. The van der Waals surface area contributed by atoms with Crippen LogP contribution in [0.4, 0.5) is 11.4 Å². The second-order valence-electron chi connectivity index (χ2n) is 10.7. The standard InChI is InChI=1S/C27H36N4O2.C4H4O4/c1-20-3-10-26(31-13-11-29(2)12-14-31)25-19-22(6-9-24(20)25)28-27(32)21-4-7-23(8-5-21)30-15-17-33-18-16-30;5-3(6)1-2-4(7)8/h3-5,7-8,10,22H,6,9,11-19H2,1-2H3,(H,28,32);1-2H,(H,5,6)(H,7,8)/b;2-1+. The maximum absolute atomic E-state index is 13.0. The molecule has 0 bridgehead atoms. The number of aliphatic carboxylic acids is 2. The van der Waals surface area contributed by atoms with Crippen molar-refractivity contribution in [2.45, 2.75) is 32.2 Å². The van der Waals surface area contributed by atoms with Gasteiger partial charge in [-0.3, -0.25) is 4.79 Å². The fourth-order valence-corrected chi connectivity index (χ4v) is 5.56. The van der Waals surface area contributed by atoms with Crippen molar-refractivity contribution in [3.63, 3.8) is 0 Å². The first kappa shape index (κ1) is 30.1. The van der Waals surface area contributed by atoms with Crippen LogP contribution in [-0.4, -0.2) is 98.5 Å². The molecule has 2 aromatic rings. The van der Waals surface area contributed by atoms with Crippen molar-refractivity contribution in [2.24, 2.45) is 0 Å². The van der Waals surface area contributed by atoms with E-state index in [2.05, 4.69) is 58.3 Å². The zero-order valence-electron chi connectivity index (χ0n) is 23.8. The van der Waals surface area contributed by atoms with Crippen molar-refractivity contribution in [3.8, 4) is 0 Å². The first-order valence-corrected chi connectivity index (χ1v) is 14.1. The number of likely N-dealkylation sites (N-methyl/N-ethyl adjacent to an activating group) is 1. The summed E-state index contributed by atoms with van der Waals surface area (Å²) < 4.78 is 5.44. The topological polar surface area (TPSA) is 123 Å². The molecule has 0 spiro atoms. The lowest BCUT2D eigenvalue weighted by Gasteiger charge is -2.37. The van der Waals surface area contributed by atoms with Crippen LogP contribution in [0.15, 0.2) is 48.6 Å². The van der Waals surface area contributed by atoms with Gasteiger partial charge in [0.2, 0.25) is 0 Å². The number of ether oxygens (including phenoxy) is 1. The van der Waals surface area contributed by atoms with Gasteiger partial charge in [-0.15, -0.1) is 0 Å². The normalized spacial score (nSPS) is 19.2. The highest BCUT2D eigenvalue weighted by Crippen LogP contribution is 2.33. The van der Waals surface area contributed by atoms with Gasteiger partial charge in [0, 0.05) is 74.4 Å². The lowest BCUT2D eigenvalue weighted by Crippen LogP contribution is -2.45. The van der Waals surface area contributed by atoms with Gasteiger partial charge in [-0.05, 0) is 80.3 Å². The predicted octanol–water partition coefficient (Wildman–Crippen LogP) is 2.58. The monoisotopic (exact) mass is 564 g/mol. The largest absolute Gasteiger partial charge is 0.478 e. The summed E-state index contributed by atoms with van der Waals surface area (Å²) in [7, 11) is 2.20. The number of morpholine rings is 1. The first-order chi connectivity index (χ1) is 19.7. The fourth-order valence-electron chi connectivity index (χ4n) is 5.56. The number of hydrogen-bond donors (Lipinski definition) is 3. The van der Waals surface area contributed by atoms with E-state index < -0.39 is 11.9 Å². The molecular formula is C31H40N4O6. The SMILES string of the molecule is Cc1ccc(N2CCN(C)CC2)c2c1CCC(NC(=O)c1ccc(N3CCOCC3)cc1)C2.O=C(O)/C=C/C(=O)O. The first-order valence-electron chi connectivity index (χ1n) is 14.1. The molecule has 1 aliphatic carbocycles. The van der Waals surface area contributed by atoms with Crippen LogP contribution in [0.3, 0.4) is 0 Å². The molecule has 2 saturated heterocycles. The van der Waals surface area contributed by atoms with Gasteiger partial charge in [0.25, 0.3) is 5.91 Å². The summed E-state index contributed by atoms with van der Waals surface area (Å²) in [5, 5.41) is 19.0. The zero-order valence-corrected chi connectivity index (χ0v) is 23.8. The summed E-state index contributed by atoms with van der Waals surface area (Å²) in [6.07, 6.45) is 4.06. The Morgan fingerprint density at radius 3 is 2.10 bits per heavy atom. The minimum atomic E-state index is -1.26. The van der Waals surface area contributed by atoms with E-state index in [0.29, 0.717) is 12.2 Å². The molecule has 1 atom stereocenters. The molecule has 3 N–H and O–H groups in total. The number of aryl methyl sites for hydroxylation is 1. The van der Waals surface area contributed by atoms with Crippen molar-refractivity contribution in [3.05, 3.63) is 70.8 Å². The van der Waals surface area contributed by atoms with Gasteiger partial charge in [0.1, 0.15) is 0 Å². The number of carbonyl (C=O) groups is 3. The molecule has 5 rings (SSSR count). The highest BCUT2D eigenvalue weighted by atomic mass is 16.5. The Hall–Kier alpha value is -3.89. The van der Waals surface area contributed by atoms with Gasteiger partial charge in [-0.25, -0.2) is 9.59 Å². The molecule has 3 aliphatic rings. The van der Waals surface area contributed by atoms with Gasteiger partial charge in [-0.1, -0.05) is 6.07 Å². The number of benzene rings is 2. The molecule has 0 aromatic heterocycles. The zero-order chi connectivity index (χ0) is 29.4. The fraction of sp³-hybridized carbons (Fsp3) is 0.452. The molecule has 41 heavy (non-hydrogen) atoms. The Balaban J connectivity index is 0.000000426. The van der Waals surface area contributed by atoms with Crippen molar-refractivity contribution < 1.29 is 29.3 Å². The number of fused-ring (bicyclic) bond motifs is 1. The lowest BCUT2D eigenvalue weighted by molar-refractivity contribution is -0.134. The second kappa shape index (κ2) is 14.1. The van der Waals surface area contributed by atoms with Crippen molar-refractivity contribution >= 4 is 29.2 Å². The highest BCUT2D eigenvalue weighted by Gasteiger charge is 2.27. The average molecular weight is 565 g/mol. The summed E-state index contributed by atoms with van der Waals surface area (Å²) >= 11 is 0. The number of nitrogens with zero attached hydrogens (tertiary/aromatic N) is 3. The maximum Gasteiger partial charge on any atom is 0.328 e. The van der Waals surface area contributed by atoms with E-state index in [1.54, 1.807) is 0 Å². The Morgan fingerprint density at radius 2 is 1.49 bits per heavy atom. The molecule has 1 unspecified atom stereocenters. The second-order valence-corrected chi connectivity index (χ2v) is 10.7. The van der Waals surface area contributed by atoms with Gasteiger partial charge in [-0.2, -0.15) is 0 Å². The number of anilines is 2. The summed E-state index contributed by atoms with van der Waals surface area (Å²) in [5.74, 6) is -2.48. The van der Waals surface area contributed by atoms with E-state index in [0.717, 1.165) is 83.0 Å². The number of carboxylic acids is 2. The van der Waals surface area contributed by atoms with Crippen molar-refractivity contribution in [2.75, 3.05) is 69.3 Å². The summed E-state index contributed by atoms with van der Waals surface area (Å²) in [6.45, 7) is 9.90. The minimum Gasteiger partial charge on any atom is -0.478 e. The van der Waals surface area contributed by atoms with E-state index in [9.17, 15) is 14.4 Å². The molecule has 0 radical (unpaired) electrons. The number of nitrogens with one attached hydrogen (secondary N) is 1. The van der Waals surface area contributed by atoms with Crippen LogP contribution in [0.2, 0.25) is 0 Å². The van der Waals surface area contributed by atoms with Crippen molar-refractivity contribution in [1.29, 1.82) is 0 Å². The third-order valence-corrected chi connectivity index (χ3v) is 7.89. The molecule has 0 saturated carbocycles. The Bertz CT molecular complexity index is 1230. The molecule has 10 nitrogen and oxygen atoms in total. The van der Waals surface area contributed by atoms with Crippen LogP contribution < -0.4 is 15.1 Å². The van der Waals surface area contributed by atoms with Crippen molar-refractivity contribution in [1.82, 2.24) is 10.2 Å². The van der Waals surface area contributed by atoms with Gasteiger partial charge >= 0.3 is 11.9 Å². The van der Waals surface area contributed by atoms with Crippen LogP contribution in [0.1, 0.15) is 33.5 Å². The minimum absolute atomic E-state index is 0.0331. The Kier molecular flexibility index (Phi) is 10.4. The van der Waals surface area contributed by atoms with Crippen LogP contribution in [0.25, 0.3) is 0 Å². The van der Waals surface area contributed by atoms with Gasteiger partial charge in [0.15, 0.2) is 0 Å². The molecular weight excluding hydrogens is 524 g/mol. The highest BCUT2D eigenvalue weighted by molar-refractivity contribution is 5.94.